The summed E-state index contributed by atoms with van der Waals surface area (Å²) in [5, 5.41) is 1.12. The van der Waals surface area contributed by atoms with Crippen molar-refractivity contribution in [2.45, 2.75) is 47.5 Å². The van der Waals surface area contributed by atoms with Crippen LogP contribution in [0.15, 0.2) is 0 Å². The molecular formula is C18H26ClN3O2S. The molecule has 0 aromatic carbocycles. The van der Waals surface area contributed by atoms with Crippen molar-refractivity contribution >= 4 is 44.9 Å². The molecule has 0 atom stereocenters. The molecule has 2 rings (SSSR count). The Labute approximate surface area is 158 Å². The molecule has 2 aromatic rings. The van der Waals surface area contributed by atoms with Gasteiger partial charge in [0.2, 0.25) is 5.28 Å². The standard InChI is InChI=1S/C18H26ClN3O2S/c1-6-8-9-22(7-2)15-13-12(5)14(17(23)24-10-11(3)4)25-16(13)21-18(19)20-15/h11H,6-10H2,1-5H3. The summed E-state index contributed by atoms with van der Waals surface area (Å²) in [5.74, 6) is 0.809. The Morgan fingerprint density at radius 3 is 2.64 bits per heavy atom. The summed E-state index contributed by atoms with van der Waals surface area (Å²) in [5.41, 5.74) is 0.871. The van der Waals surface area contributed by atoms with Gasteiger partial charge in [0.15, 0.2) is 0 Å². The second-order valence-electron chi connectivity index (χ2n) is 6.48. The Morgan fingerprint density at radius 1 is 1.32 bits per heavy atom. The molecule has 0 aliphatic heterocycles. The van der Waals surface area contributed by atoms with Crippen molar-refractivity contribution in [3.05, 3.63) is 15.7 Å². The smallest absolute Gasteiger partial charge is 0.348 e. The van der Waals surface area contributed by atoms with Crippen molar-refractivity contribution in [3.8, 4) is 0 Å². The lowest BCUT2D eigenvalue weighted by molar-refractivity contribution is 0.0464. The molecule has 2 aromatic heterocycles. The van der Waals surface area contributed by atoms with Crippen LogP contribution in [0, 0.1) is 12.8 Å². The maximum absolute atomic E-state index is 12.4. The van der Waals surface area contributed by atoms with Crippen molar-refractivity contribution in [2.24, 2.45) is 5.92 Å². The fraction of sp³-hybridized carbons (Fsp3) is 0.611. The fourth-order valence-corrected chi connectivity index (χ4v) is 3.87. The first-order valence-electron chi connectivity index (χ1n) is 8.77. The number of thiophene rings is 1. The molecule has 0 fully saturated rings. The van der Waals surface area contributed by atoms with Crippen molar-refractivity contribution in [1.82, 2.24) is 9.97 Å². The normalized spacial score (nSPS) is 11.3. The van der Waals surface area contributed by atoms with Crippen LogP contribution in [-0.2, 0) is 4.74 Å². The highest BCUT2D eigenvalue weighted by Crippen LogP contribution is 2.36. The van der Waals surface area contributed by atoms with Gasteiger partial charge in [0, 0.05) is 13.1 Å². The number of carbonyl (C=O) groups excluding carboxylic acids is 1. The average molecular weight is 384 g/mol. The molecule has 0 spiro atoms. The molecule has 0 saturated heterocycles. The molecule has 0 saturated carbocycles. The molecule has 0 aliphatic rings. The quantitative estimate of drug-likeness (QED) is 0.469. The van der Waals surface area contributed by atoms with Gasteiger partial charge >= 0.3 is 5.97 Å². The van der Waals surface area contributed by atoms with Crippen LogP contribution in [-0.4, -0.2) is 35.6 Å². The second kappa shape index (κ2) is 8.81. The monoisotopic (exact) mass is 383 g/mol. The van der Waals surface area contributed by atoms with Gasteiger partial charge in [-0.3, -0.25) is 0 Å². The van der Waals surface area contributed by atoms with Crippen molar-refractivity contribution < 1.29 is 9.53 Å². The zero-order valence-electron chi connectivity index (χ0n) is 15.6. The maximum Gasteiger partial charge on any atom is 0.348 e. The molecule has 0 bridgehead atoms. The van der Waals surface area contributed by atoms with Gasteiger partial charge in [-0.1, -0.05) is 27.2 Å². The van der Waals surface area contributed by atoms with Crippen molar-refractivity contribution in [3.63, 3.8) is 0 Å². The van der Waals surface area contributed by atoms with Crippen LogP contribution in [0.25, 0.3) is 10.2 Å². The van der Waals surface area contributed by atoms with Crippen LogP contribution in [0.4, 0.5) is 5.82 Å². The summed E-state index contributed by atoms with van der Waals surface area (Å²) in [7, 11) is 0. The van der Waals surface area contributed by atoms with Gasteiger partial charge in [0.1, 0.15) is 15.5 Å². The minimum Gasteiger partial charge on any atom is -0.461 e. The van der Waals surface area contributed by atoms with Gasteiger partial charge in [-0.25, -0.2) is 9.78 Å². The third-order valence-corrected chi connectivity index (χ3v) is 5.27. The Balaban J connectivity index is 2.48. The fourth-order valence-electron chi connectivity index (χ4n) is 2.59. The third kappa shape index (κ3) is 4.61. The highest BCUT2D eigenvalue weighted by molar-refractivity contribution is 7.20. The van der Waals surface area contributed by atoms with Crippen LogP contribution in [0.2, 0.25) is 5.28 Å². The summed E-state index contributed by atoms with van der Waals surface area (Å²) in [6.45, 7) is 12.3. The van der Waals surface area contributed by atoms with Gasteiger partial charge in [-0.15, -0.1) is 11.3 Å². The predicted molar refractivity (Wildman–Crippen MR) is 105 cm³/mol. The Kier molecular flexibility index (Phi) is 7.02. The number of hydrogen-bond acceptors (Lipinski definition) is 6. The number of aryl methyl sites for hydroxylation is 1. The SMILES string of the molecule is CCCCN(CC)c1nc(Cl)nc2sc(C(=O)OCC(C)C)c(C)c12. The van der Waals surface area contributed by atoms with Crippen LogP contribution < -0.4 is 4.90 Å². The lowest BCUT2D eigenvalue weighted by Crippen LogP contribution is -2.25. The number of esters is 1. The molecule has 0 aliphatic carbocycles. The highest BCUT2D eigenvalue weighted by atomic mass is 35.5. The summed E-state index contributed by atoms with van der Waals surface area (Å²) < 4.78 is 5.40. The first-order valence-corrected chi connectivity index (χ1v) is 9.97. The van der Waals surface area contributed by atoms with E-state index in [9.17, 15) is 4.79 Å². The van der Waals surface area contributed by atoms with E-state index in [0.717, 1.165) is 47.5 Å². The number of ether oxygens (including phenoxy) is 1. The molecule has 0 N–H and O–H groups in total. The Bertz CT molecular complexity index is 745. The molecule has 138 valence electrons. The van der Waals surface area contributed by atoms with E-state index in [1.54, 1.807) is 0 Å². The van der Waals surface area contributed by atoms with Gasteiger partial charge in [0.25, 0.3) is 0 Å². The van der Waals surface area contributed by atoms with Crippen LogP contribution >= 0.6 is 22.9 Å². The van der Waals surface area contributed by atoms with Gasteiger partial charge < -0.3 is 9.64 Å². The van der Waals surface area contributed by atoms with Gasteiger partial charge in [-0.05, 0) is 43.4 Å². The summed E-state index contributed by atoms with van der Waals surface area (Å²) >= 11 is 7.47. The molecule has 0 unspecified atom stereocenters. The minimum absolute atomic E-state index is 0.209. The van der Waals surface area contributed by atoms with Crippen molar-refractivity contribution in [2.75, 3.05) is 24.6 Å². The number of rotatable bonds is 8. The van der Waals surface area contributed by atoms with Crippen molar-refractivity contribution in [1.29, 1.82) is 0 Å². The summed E-state index contributed by atoms with van der Waals surface area (Å²) in [6.07, 6.45) is 2.18. The number of unbranched alkanes of at least 4 members (excludes halogenated alkanes) is 1. The summed E-state index contributed by atoms with van der Waals surface area (Å²) in [6, 6.07) is 0. The minimum atomic E-state index is -0.298. The lowest BCUT2D eigenvalue weighted by atomic mass is 10.2. The number of hydrogen-bond donors (Lipinski definition) is 0. The third-order valence-electron chi connectivity index (χ3n) is 3.94. The van der Waals surface area contributed by atoms with E-state index >= 15 is 0 Å². The largest absolute Gasteiger partial charge is 0.461 e. The number of aromatic nitrogens is 2. The lowest BCUT2D eigenvalue weighted by Gasteiger charge is -2.22. The summed E-state index contributed by atoms with van der Waals surface area (Å²) in [4.78, 5) is 24.8. The van der Waals surface area contributed by atoms with E-state index in [1.807, 2.05) is 20.8 Å². The van der Waals surface area contributed by atoms with Gasteiger partial charge in [-0.2, -0.15) is 4.98 Å². The first kappa shape index (κ1) is 19.9. The molecule has 25 heavy (non-hydrogen) atoms. The highest BCUT2D eigenvalue weighted by Gasteiger charge is 2.23. The molecule has 7 heteroatoms. The van der Waals surface area contributed by atoms with Crippen LogP contribution in [0.3, 0.4) is 0 Å². The number of carbonyl (C=O) groups is 1. The van der Waals surface area contributed by atoms with E-state index in [2.05, 4.69) is 28.7 Å². The van der Waals surface area contributed by atoms with Crippen LogP contribution in [0.5, 0.6) is 0 Å². The average Bonchev–Trinajstić information content (AvgIpc) is 2.89. The van der Waals surface area contributed by atoms with E-state index in [1.165, 1.54) is 11.3 Å². The number of fused-ring (bicyclic) bond motifs is 1. The van der Waals surface area contributed by atoms with E-state index < -0.39 is 0 Å². The molecule has 5 nitrogen and oxygen atoms in total. The van der Waals surface area contributed by atoms with E-state index in [-0.39, 0.29) is 11.3 Å². The molecule has 0 radical (unpaired) electrons. The zero-order valence-corrected chi connectivity index (χ0v) is 17.1. The molecule has 2 heterocycles. The molecular weight excluding hydrogens is 358 g/mol. The van der Waals surface area contributed by atoms with Gasteiger partial charge in [0.05, 0.1) is 12.0 Å². The van der Waals surface area contributed by atoms with Crippen LogP contribution in [0.1, 0.15) is 55.8 Å². The zero-order chi connectivity index (χ0) is 18.6. The Hall–Kier alpha value is -1.40. The van der Waals surface area contributed by atoms with E-state index in [4.69, 9.17) is 16.3 Å². The number of nitrogens with zero attached hydrogens (tertiary/aromatic N) is 3. The number of anilines is 1. The van der Waals surface area contributed by atoms with E-state index in [0.29, 0.717) is 17.4 Å². The molecule has 0 amide bonds. The topological polar surface area (TPSA) is 55.3 Å². The maximum atomic E-state index is 12.4. The predicted octanol–water partition coefficient (Wildman–Crippen LogP) is 5.09. The first-order chi connectivity index (χ1) is 11.9. The Morgan fingerprint density at radius 2 is 2.04 bits per heavy atom. The number of halogens is 1. The second-order valence-corrected chi connectivity index (χ2v) is 7.82.